The lowest BCUT2D eigenvalue weighted by molar-refractivity contribution is -0.398. The van der Waals surface area contributed by atoms with Crippen LogP contribution in [0.3, 0.4) is 0 Å². The molecule has 4 N–H and O–H groups in total. The first-order valence-electron chi connectivity index (χ1n) is 8.19. The van der Waals surface area contributed by atoms with E-state index >= 15 is 0 Å². The molecule has 1 heterocycles. The predicted molar refractivity (Wildman–Crippen MR) is 98.1 cm³/mol. The van der Waals surface area contributed by atoms with Crippen LogP contribution >= 0.6 is 0 Å². The van der Waals surface area contributed by atoms with Crippen molar-refractivity contribution in [3.63, 3.8) is 0 Å². The van der Waals surface area contributed by atoms with E-state index in [-0.39, 0.29) is 12.5 Å². The van der Waals surface area contributed by atoms with E-state index < -0.39 is 22.2 Å². The lowest BCUT2D eigenvalue weighted by Crippen LogP contribution is -2.51. The van der Waals surface area contributed by atoms with Crippen molar-refractivity contribution in [2.24, 2.45) is 10.3 Å². The number of nitro groups is 1. The summed E-state index contributed by atoms with van der Waals surface area (Å²) in [6.45, 7) is 10.4. The van der Waals surface area contributed by atoms with Gasteiger partial charge in [0.25, 0.3) is 0 Å². The third-order valence-corrected chi connectivity index (χ3v) is 4.40. The summed E-state index contributed by atoms with van der Waals surface area (Å²) in [5, 5.41) is 38.7. The molecule has 0 radical (unpaired) electrons. The summed E-state index contributed by atoms with van der Waals surface area (Å²) in [4.78, 5) is 20.0. The van der Waals surface area contributed by atoms with Crippen molar-refractivity contribution in [3.8, 4) is 0 Å². The molecule has 0 aromatic carbocycles. The average molecular weight is 385 g/mol. The zero-order valence-electron chi connectivity index (χ0n) is 16.3. The Kier molecular flexibility index (Phi) is 7.39. The van der Waals surface area contributed by atoms with E-state index in [9.17, 15) is 10.1 Å². The Morgan fingerprint density at radius 3 is 2.37 bits per heavy atom. The third-order valence-electron chi connectivity index (χ3n) is 4.40. The van der Waals surface area contributed by atoms with Crippen molar-refractivity contribution in [1.82, 2.24) is 20.3 Å². The van der Waals surface area contributed by atoms with Gasteiger partial charge < -0.3 is 25.8 Å². The maximum atomic E-state index is 11.2. The molecular formula is C15H27N7O5. The van der Waals surface area contributed by atoms with E-state index in [1.807, 2.05) is 0 Å². The van der Waals surface area contributed by atoms with Gasteiger partial charge in [0.05, 0.1) is 29.0 Å². The maximum Gasteiger partial charge on any atom is 0.436 e. The first-order chi connectivity index (χ1) is 12.5. The zero-order valence-corrected chi connectivity index (χ0v) is 16.3. The molecule has 1 aromatic heterocycles. The minimum absolute atomic E-state index is 0.120. The van der Waals surface area contributed by atoms with Crippen LogP contribution in [-0.4, -0.2) is 53.9 Å². The molecular weight excluding hydrogens is 358 g/mol. The molecule has 12 nitrogen and oxygen atoms in total. The van der Waals surface area contributed by atoms with E-state index in [2.05, 4.69) is 26.1 Å². The normalized spacial score (nSPS) is 15.0. The predicted octanol–water partition coefficient (Wildman–Crippen LogP) is 1.66. The highest BCUT2D eigenvalue weighted by Gasteiger charge is 2.31. The van der Waals surface area contributed by atoms with Gasteiger partial charge in [-0.3, -0.25) is 4.84 Å². The number of aromatic nitrogens is 2. The van der Waals surface area contributed by atoms with Gasteiger partial charge in [0, 0.05) is 0 Å². The molecule has 0 aliphatic rings. The fourth-order valence-electron chi connectivity index (χ4n) is 1.88. The van der Waals surface area contributed by atoms with Crippen LogP contribution in [0.4, 0.5) is 5.95 Å². The standard InChI is InChI=1S/C15H27N7O5/c1-10(18-23)14(3,4)17-9-12(21-8-7-16-13(21)22(25)26)27-20-15(5,6)11(2)19-24/h7-8,12,17,20,23-24H,9H2,1-6H3/b18-10+,19-11+. The highest BCUT2D eigenvalue weighted by Crippen LogP contribution is 2.19. The first-order valence-corrected chi connectivity index (χ1v) is 8.19. The Hall–Kier alpha value is -2.57. The second-order valence-corrected chi connectivity index (χ2v) is 7.07. The fourth-order valence-corrected chi connectivity index (χ4v) is 1.88. The molecule has 0 bridgehead atoms. The van der Waals surface area contributed by atoms with Crippen molar-refractivity contribution in [2.45, 2.75) is 58.8 Å². The van der Waals surface area contributed by atoms with Crippen molar-refractivity contribution in [3.05, 3.63) is 22.5 Å². The molecule has 152 valence electrons. The first kappa shape index (κ1) is 22.5. The minimum Gasteiger partial charge on any atom is -0.411 e. The molecule has 0 saturated heterocycles. The number of oxime groups is 2. The molecule has 0 aliphatic heterocycles. The van der Waals surface area contributed by atoms with Crippen LogP contribution in [0.1, 0.15) is 47.8 Å². The lowest BCUT2D eigenvalue weighted by atomic mass is 10.00. The number of rotatable bonds is 10. The van der Waals surface area contributed by atoms with Crippen molar-refractivity contribution in [1.29, 1.82) is 0 Å². The van der Waals surface area contributed by atoms with Crippen LogP contribution in [0.5, 0.6) is 0 Å². The average Bonchev–Trinajstić information content (AvgIpc) is 3.09. The van der Waals surface area contributed by atoms with Crippen LogP contribution in [0.15, 0.2) is 22.7 Å². The Balaban J connectivity index is 3.07. The smallest absolute Gasteiger partial charge is 0.411 e. The molecule has 1 atom stereocenters. The summed E-state index contributed by atoms with van der Waals surface area (Å²) in [7, 11) is 0. The van der Waals surface area contributed by atoms with Crippen LogP contribution < -0.4 is 10.8 Å². The molecule has 27 heavy (non-hydrogen) atoms. The van der Waals surface area contributed by atoms with Crippen molar-refractivity contribution in [2.75, 3.05) is 6.54 Å². The highest BCUT2D eigenvalue weighted by atomic mass is 16.7. The van der Waals surface area contributed by atoms with Crippen molar-refractivity contribution < 1.29 is 20.2 Å². The SMILES string of the molecule is C/C(=N\O)C(C)(C)NCC(ONC(C)(C)/C(C)=N/O)n1ccnc1[N+](=O)[O-]. The zero-order chi connectivity index (χ0) is 20.8. The van der Waals surface area contributed by atoms with E-state index in [4.69, 9.17) is 15.3 Å². The van der Waals surface area contributed by atoms with E-state index in [1.165, 1.54) is 17.0 Å². The van der Waals surface area contributed by atoms with Gasteiger partial charge in [-0.1, -0.05) is 15.3 Å². The lowest BCUT2D eigenvalue weighted by Gasteiger charge is -2.30. The number of hydroxylamine groups is 1. The highest BCUT2D eigenvalue weighted by molar-refractivity contribution is 5.90. The van der Waals surface area contributed by atoms with Gasteiger partial charge in [-0.25, -0.2) is 0 Å². The molecule has 12 heteroatoms. The Labute approximate surface area is 157 Å². The van der Waals surface area contributed by atoms with Gasteiger partial charge in [0.1, 0.15) is 12.4 Å². The summed E-state index contributed by atoms with van der Waals surface area (Å²) in [6.07, 6.45) is 1.85. The molecule has 0 fully saturated rings. The summed E-state index contributed by atoms with van der Waals surface area (Å²) >= 11 is 0. The molecule has 1 aromatic rings. The van der Waals surface area contributed by atoms with E-state index in [0.29, 0.717) is 11.4 Å². The second-order valence-electron chi connectivity index (χ2n) is 7.07. The van der Waals surface area contributed by atoms with Gasteiger partial charge in [0.15, 0.2) is 0 Å². The number of nitrogens with zero attached hydrogens (tertiary/aromatic N) is 5. The summed E-state index contributed by atoms with van der Waals surface area (Å²) < 4.78 is 1.25. The minimum atomic E-state index is -0.871. The topological polar surface area (TPSA) is 159 Å². The molecule has 1 rings (SSSR count). The molecule has 0 amide bonds. The summed E-state index contributed by atoms with van der Waals surface area (Å²) in [6, 6.07) is 0. The van der Waals surface area contributed by atoms with Crippen LogP contribution in [-0.2, 0) is 4.84 Å². The maximum absolute atomic E-state index is 11.2. The fraction of sp³-hybridized carbons (Fsp3) is 0.667. The molecule has 1 unspecified atom stereocenters. The molecule has 0 spiro atoms. The van der Waals surface area contributed by atoms with Gasteiger partial charge in [0.2, 0.25) is 6.23 Å². The van der Waals surface area contributed by atoms with Gasteiger partial charge in [-0.15, -0.1) is 0 Å². The van der Waals surface area contributed by atoms with Gasteiger partial charge in [-0.2, -0.15) is 10.0 Å². The molecule has 0 saturated carbocycles. The van der Waals surface area contributed by atoms with Gasteiger partial charge in [-0.05, 0) is 46.5 Å². The third kappa shape index (κ3) is 5.70. The number of nitrogens with one attached hydrogen (secondary N) is 2. The van der Waals surface area contributed by atoms with E-state index in [0.717, 1.165) is 0 Å². The Morgan fingerprint density at radius 1 is 1.30 bits per heavy atom. The monoisotopic (exact) mass is 385 g/mol. The number of imidazole rings is 1. The quantitative estimate of drug-likeness (QED) is 0.205. The Bertz CT molecular complexity index is 677. The number of hydrogen-bond acceptors (Lipinski definition) is 10. The van der Waals surface area contributed by atoms with Crippen LogP contribution in [0.2, 0.25) is 0 Å². The van der Waals surface area contributed by atoms with Gasteiger partial charge >= 0.3 is 5.95 Å². The Morgan fingerprint density at radius 2 is 1.85 bits per heavy atom. The second kappa shape index (κ2) is 8.88. The molecule has 0 aliphatic carbocycles. The van der Waals surface area contributed by atoms with Crippen LogP contribution in [0.25, 0.3) is 0 Å². The summed E-state index contributed by atoms with van der Waals surface area (Å²) in [5.41, 5.74) is 2.03. The largest absolute Gasteiger partial charge is 0.436 e. The van der Waals surface area contributed by atoms with E-state index in [1.54, 1.807) is 41.5 Å². The van der Waals surface area contributed by atoms with Crippen molar-refractivity contribution >= 4 is 17.4 Å². The number of hydrogen-bond donors (Lipinski definition) is 4. The summed E-state index contributed by atoms with van der Waals surface area (Å²) in [5.74, 6) is -0.390. The van der Waals surface area contributed by atoms with Crippen LogP contribution in [0, 0.1) is 10.1 Å².